The van der Waals surface area contributed by atoms with E-state index < -0.39 is 0 Å². The fourth-order valence-corrected chi connectivity index (χ4v) is 2.59. The molecule has 0 aromatic rings. The van der Waals surface area contributed by atoms with Gasteiger partial charge in [-0.1, -0.05) is 60.9 Å². The Labute approximate surface area is 126 Å². The molecule has 1 aliphatic carbocycles. The van der Waals surface area contributed by atoms with E-state index in [1.54, 1.807) is 5.57 Å². The van der Waals surface area contributed by atoms with Crippen molar-refractivity contribution in [3.05, 3.63) is 47.1 Å². The van der Waals surface area contributed by atoms with Crippen LogP contribution < -0.4 is 0 Å². The highest BCUT2D eigenvalue weighted by Gasteiger charge is 2.09. The number of hydrogen-bond donors (Lipinski definition) is 0. The molecule has 0 heteroatoms. The van der Waals surface area contributed by atoms with Crippen LogP contribution in [0.2, 0.25) is 0 Å². The van der Waals surface area contributed by atoms with Gasteiger partial charge in [-0.3, -0.25) is 0 Å². The maximum absolute atomic E-state index is 2.44. The van der Waals surface area contributed by atoms with Crippen LogP contribution in [0.3, 0.4) is 0 Å². The molecule has 0 aliphatic heterocycles. The van der Waals surface area contributed by atoms with Gasteiger partial charge in [0, 0.05) is 0 Å². The highest BCUT2D eigenvalue weighted by Crippen LogP contribution is 2.23. The minimum Gasteiger partial charge on any atom is -0.0853 e. The number of rotatable bonds is 1. The zero-order chi connectivity index (χ0) is 15.0. The van der Waals surface area contributed by atoms with E-state index in [9.17, 15) is 0 Å². The Hall–Kier alpha value is -1.04. The summed E-state index contributed by atoms with van der Waals surface area (Å²) < 4.78 is 0. The van der Waals surface area contributed by atoms with Crippen molar-refractivity contribution in [1.29, 1.82) is 0 Å². The lowest BCUT2D eigenvalue weighted by Gasteiger charge is -2.17. The van der Waals surface area contributed by atoms with Gasteiger partial charge in [-0.25, -0.2) is 0 Å². The van der Waals surface area contributed by atoms with Crippen molar-refractivity contribution in [2.24, 2.45) is 11.8 Å². The van der Waals surface area contributed by atoms with Gasteiger partial charge < -0.3 is 0 Å². The van der Waals surface area contributed by atoms with Gasteiger partial charge in [0.1, 0.15) is 0 Å². The van der Waals surface area contributed by atoms with Crippen molar-refractivity contribution >= 4 is 0 Å². The third kappa shape index (κ3) is 6.93. The third-order valence-electron chi connectivity index (χ3n) is 4.27. The first-order chi connectivity index (χ1) is 9.49. The highest BCUT2D eigenvalue weighted by atomic mass is 14.1. The van der Waals surface area contributed by atoms with Crippen molar-refractivity contribution in [2.75, 3.05) is 0 Å². The maximum Gasteiger partial charge on any atom is -0.0161 e. The molecule has 0 aromatic heterocycles. The second-order valence-corrected chi connectivity index (χ2v) is 6.63. The summed E-state index contributed by atoms with van der Waals surface area (Å²) in [5.41, 5.74) is 4.46. The normalized spacial score (nSPS) is 32.3. The fourth-order valence-electron chi connectivity index (χ4n) is 2.59. The summed E-state index contributed by atoms with van der Waals surface area (Å²) in [4.78, 5) is 0. The molecule has 0 heterocycles. The van der Waals surface area contributed by atoms with Crippen LogP contribution in [-0.2, 0) is 0 Å². The van der Waals surface area contributed by atoms with E-state index in [0.29, 0.717) is 5.92 Å². The molecular formula is C20H32. The second-order valence-electron chi connectivity index (χ2n) is 6.63. The molecule has 0 spiro atoms. The summed E-state index contributed by atoms with van der Waals surface area (Å²) in [5.74, 6) is 1.42. The Kier molecular flexibility index (Phi) is 7.65. The largest absolute Gasteiger partial charge is 0.0853 e. The third-order valence-corrected chi connectivity index (χ3v) is 4.27. The van der Waals surface area contributed by atoms with Gasteiger partial charge in [-0.15, -0.1) is 0 Å². The van der Waals surface area contributed by atoms with Crippen molar-refractivity contribution in [2.45, 2.75) is 66.7 Å². The average Bonchev–Trinajstić information content (AvgIpc) is 2.37. The van der Waals surface area contributed by atoms with Gasteiger partial charge in [0.05, 0.1) is 0 Å². The van der Waals surface area contributed by atoms with Gasteiger partial charge in [0.25, 0.3) is 0 Å². The molecule has 0 N–H and O–H groups in total. The van der Waals surface area contributed by atoms with Crippen molar-refractivity contribution < 1.29 is 0 Å². The number of hydrogen-bond acceptors (Lipinski definition) is 0. The van der Waals surface area contributed by atoms with E-state index in [0.717, 1.165) is 12.3 Å². The topological polar surface area (TPSA) is 0 Å². The fraction of sp³-hybridized carbons (Fsp3) is 0.600. The maximum atomic E-state index is 2.44. The van der Waals surface area contributed by atoms with Gasteiger partial charge in [-0.2, -0.15) is 0 Å². The zero-order valence-corrected chi connectivity index (χ0v) is 14.1. The SMILES string of the molecule is CC1=C/C/C=C(\C)CC/C=C(/C)CCC(C(C)C)\C=C\1. The lowest BCUT2D eigenvalue weighted by atomic mass is 9.88. The van der Waals surface area contributed by atoms with Crippen LogP contribution >= 0.6 is 0 Å². The van der Waals surface area contributed by atoms with Crippen molar-refractivity contribution in [1.82, 2.24) is 0 Å². The van der Waals surface area contributed by atoms with Crippen molar-refractivity contribution in [3.63, 3.8) is 0 Å². The standard InChI is InChI=1S/C20H32/c1-16(2)20-14-12-18(4)10-6-8-17(3)9-7-11-19(5)13-15-20/h8,10-12,14,16,20H,6-7,9,13,15H2,1-5H3/b14-12+,17-8+,18-10-,19-11-. The Morgan fingerprint density at radius 1 is 0.950 bits per heavy atom. The molecule has 1 unspecified atom stereocenters. The monoisotopic (exact) mass is 272 g/mol. The Balaban J connectivity index is 2.85. The molecule has 1 rings (SSSR count). The van der Waals surface area contributed by atoms with E-state index in [1.165, 1.54) is 36.8 Å². The van der Waals surface area contributed by atoms with Crippen LogP contribution in [0.5, 0.6) is 0 Å². The predicted molar refractivity (Wildman–Crippen MR) is 91.8 cm³/mol. The van der Waals surface area contributed by atoms with Gasteiger partial charge in [-0.05, 0) is 64.7 Å². The molecule has 0 fully saturated rings. The van der Waals surface area contributed by atoms with E-state index >= 15 is 0 Å². The molecule has 20 heavy (non-hydrogen) atoms. The Morgan fingerprint density at radius 3 is 2.35 bits per heavy atom. The van der Waals surface area contributed by atoms with E-state index in [2.05, 4.69) is 65.0 Å². The zero-order valence-electron chi connectivity index (χ0n) is 14.1. The molecule has 0 aromatic carbocycles. The molecule has 112 valence electrons. The summed E-state index contributed by atoms with van der Waals surface area (Å²) in [5, 5.41) is 0. The summed E-state index contributed by atoms with van der Waals surface area (Å²) in [7, 11) is 0. The minimum absolute atomic E-state index is 0.696. The second kappa shape index (κ2) is 9.00. The molecule has 1 atom stereocenters. The molecule has 0 saturated carbocycles. The number of allylic oxidation sites excluding steroid dienone is 8. The van der Waals surface area contributed by atoms with Crippen LogP contribution in [-0.4, -0.2) is 0 Å². The van der Waals surface area contributed by atoms with Crippen LogP contribution in [0.25, 0.3) is 0 Å². The van der Waals surface area contributed by atoms with E-state index in [1.807, 2.05) is 0 Å². The van der Waals surface area contributed by atoms with E-state index in [4.69, 9.17) is 0 Å². The first kappa shape index (κ1) is 17.0. The average molecular weight is 272 g/mol. The molecule has 0 saturated heterocycles. The van der Waals surface area contributed by atoms with Crippen LogP contribution in [0.15, 0.2) is 47.1 Å². The van der Waals surface area contributed by atoms with Crippen LogP contribution in [0.1, 0.15) is 66.7 Å². The van der Waals surface area contributed by atoms with Crippen molar-refractivity contribution in [3.8, 4) is 0 Å². The Bertz CT molecular complexity index is 402. The molecule has 1 aliphatic rings. The summed E-state index contributed by atoms with van der Waals surface area (Å²) in [6.07, 6.45) is 17.9. The van der Waals surface area contributed by atoms with Gasteiger partial charge in [0.2, 0.25) is 0 Å². The van der Waals surface area contributed by atoms with E-state index in [-0.39, 0.29) is 0 Å². The smallest absolute Gasteiger partial charge is 0.0161 e. The van der Waals surface area contributed by atoms with Gasteiger partial charge in [0.15, 0.2) is 0 Å². The van der Waals surface area contributed by atoms with Gasteiger partial charge >= 0.3 is 0 Å². The lowest BCUT2D eigenvalue weighted by molar-refractivity contribution is 0.435. The van der Waals surface area contributed by atoms with Crippen LogP contribution in [0, 0.1) is 11.8 Å². The summed E-state index contributed by atoms with van der Waals surface area (Å²) >= 11 is 0. The Morgan fingerprint density at radius 2 is 1.65 bits per heavy atom. The summed E-state index contributed by atoms with van der Waals surface area (Å²) in [6.45, 7) is 11.4. The predicted octanol–water partition coefficient (Wildman–Crippen LogP) is 6.62. The minimum atomic E-state index is 0.696. The first-order valence-electron chi connectivity index (χ1n) is 8.15. The molecule has 0 amide bonds. The quantitative estimate of drug-likeness (QED) is 0.471. The van der Waals surface area contributed by atoms with Crippen LogP contribution in [0.4, 0.5) is 0 Å². The summed E-state index contributed by atoms with van der Waals surface area (Å²) in [6, 6.07) is 0. The first-order valence-corrected chi connectivity index (χ1v) is 8.15. The highest BCUT2D eigenvalue weighted by molar-refractivity contribution is 5.19. The lowest BCUT2D eigenvalue weighted by Crippen LogP contribution is -2.05. The molecule has 0 radical (unpaired) electrons. The molecule has 0 nitrogen and oxygen atoms in total. The molecule has 0 bridgehead atoms. The molecular weight excluding hydrogens is 240 g/mol.